The van der Waals surface area contributed by atoms with E-state index in [2.05, 4.69) is 10.8 Å². The molecule has 0 spiro atoms. The van der Waals surface area contributed by atoms with Crippen LogP contribution in [0.4, 0.5) is 0 Å². The van der Waals surface area contributed by atoms with Crippen LogP contribution in [0.25, 0.3) is 0 Å². The van der Waals surface area contributed by atoms with Crippen LogP contribution in [0, 0.1) is 0 Å². The monoisotopic (exact) mass is 104 g/mol. The minimum absolute atomic E-state index is 0.338. The average Bonchev–Trinajstić information content (AvgIpc) is 1.68. The van der Waals surface area contributed by atoms with Gasteiger partial charge in [-0.1, -0.05) is 0 Å². The molecule has 44 valence electrons. The molecule has 0 aromatic heterocycles. The summed E-state index contributed by atoms with van der Waals surface area (Å²) in [4.78, 5) is 0. The molecule has 7 heavy (non-hydrogen) atoms. The second-order valence-corrected chi connectivity index (χ2v) is 1.55. The van der Waals surface area contributed by atoms with Crippen LogP contribution in [0.15, 0.2) is 0 Å². The average molecular weight is 104 g/mol. The van der Waals surface area contributed by atoms with Crippen LogP contribution in [0.2, 0.25) is 0 Å². The van der Waals surface area contributed by atoms with Crippen molar-refractivity contribution in [3.8, 4) is 0 Å². The van der Waals surface area contributed by atoms with E-state index >= 15 is 0 Å². The zero-order valence-electron chi connectivity index (χ0n) is 4.73. The summed E-state index contributed by atoms with van der Waals surface area (Å²) < 4.78 is 0. The van der Waals surface area contributed by atoms with Gasteiger partial charge in [0.1, 0.15) is 0 Å². The first-order valence-corrected chi connectivity index (χ1v) is 2.35. The highest BCUT2D eigenvalue weighted by atomic mass is 16.5. The molecule has 0 saturated carbocycles. The third-order valence-corrected chi connectivity index (χ3v) is 0.890. The summed E-state index contributed by atoms with van der Waals surface area (Å²) >= 11 is 0. The maximum absolute atomic E-state index is 8.08. The first-order chi connectivity index (χ1) is 3.31. The van der Waals surface area contributed by atoms with E-state index in [0.29, 0.717) is 12.6 Å². The van der Waals surface area contributed by atoms with Crippen LogP contribution in [-0.4, -0.2) is 24.8 Å². The second kappa shape index (κ2) is 4.05. The van der Waals surface area contributed by atoms with Crippen LogP contribution in [0.1, 0.15) is 6.92 Å². The van der Waals surface area contributed by atoms with Crippen molar-refractivity contribution < 1.29 is 5.21 Å². The first kappa shape index (κ1) is 6.88. The molecule has 0 aromatic carbocycles. The number of nitrogens with one attached hydrogen (secondary N) is 2. The van der Waals surface area contributed by atoms with Crippen LogP contribution >= 0.6 is 0 Å². The molecule has 0 aromatic rings. The SMILES string of the molecule is CNC(C)CNO. The van der Waals surface area contributed by atoms with Gasteiger partial charge in [0.25, 0.3) is 0 Å². The van der Waals surface area contributed by atoms with Gasteiger partial charge in [-0.15, -0.1) is 0 Å². The summed E-state index contributed by atoms with van der Waals surface area (Å²) in [7, 11) is 1.85. The van der Waals surface area contributed by atoms with Crippen LogP contribution in [0.3, 0.4) is 0 Å². The Hall–Kier alpha value is -0.120. The molecule has 0 heterocycles. The predicted octanol–water partition coefficient (Wildman–Crippen LogP) is -0.427. The second-order valence-electron chi connectivity index (χ2n) is 1.55. The number of likely N-dealkylation sites (N-methyl/N-ethyl adjacent to an activating group) is 1. The molecule has 3 N–H and O–H groups in total. The third kappa shape index (κ3) is 3.72. The van der Waals surface area contributed by atoms with Crippen LogP contribution in [-0.2, 0) is 0 Å². The Bertz CT molecular complexity index is 40.7. The Morgan fingerprint density at radius 2 is 2.29 bits per heavy atom. The van der Waals surface area contributed by atoms with E-state index in [-0.39, 0.29) is 0 Å². The number of hydroxylamine groups is 1. The van der Waals surface area contributed by atoms with Gasteiger partial charge in [-0.25, -0.2) is 5.48 Å². The lowest BCUT2D eigenvalue weighted by Gasteiger charge is -2.05. The highest BCUT2D eigenvalue weighted by molar-refractivity contribution is 4.54. The van der Waals surface area contributed by atoms with Gasteiger partial charge in [0, 0.05) is 12.6 Å². The Balaban J connectivity index is 2.83. The number of rotatable bonds is 3. The largest absolute Gasteiger partial charge is 0.317 e. The number of hydrogen-bond acceptors (Lipinski definition) is 3. The zero-order chi connectivity index (χ0) is 5.70. The molecule has 0 rings (SSSR count). The van der Waals surface area contributed by atoms with E-state index in [1.165, 1.54) is 0 Å². The van der Waals surface area contributed by atoms with Gasteiger partial charge in [-0.2, -0.15) is 0 Å². The molecular weight excluding hydrogens is 92.1 g/mol. The lowest BCUT2D eigenvalue weighted by Crippen LogP contribution is -2.32. The minimum Gasteiger partial charge on any atom is -0.317 e. The zero-order valence-corrected chi connectivity index (χ0v) is 4.73. The lowest BCUT2D eigenvalue weighted by molar-refractivity contribution is 0.158. The molecule has 0 radical (unpaired) electrons. The molecule has 0 amide bonds. The highest BCUT2D eigenvalue weighted by Crippen LogP contribution is 1.70. The summed E-state index contributed by atoms with van der Waals surface area (Å²) in [6.07, 6.45) is 0. The molecule has 0 aliphatic heterocycles. The summed E-state index contributed by atoms with van der Waals surface area (Å²) in [5, 5.41) is 11.0. The third-order valence-electron chi connectivity index (χ3n) is 0.890. The fourth-order valence-electron chi connectivity index (χ4n) is 0.239. The number of hydrogen-bond donors (Lipinski definition) is 3. The van der Waals surface area contributed by atoms with Crippen molar-refractivity contribution in [2.24, 2.45) is 0 Å². The van der Waals surface area contributed by atoms with Crippen molar-refractivity contribution in [2.75, 3.05) is 13.6 Å². The fraction of sp³-hybridized carbons (Fsp3) is 1.00. The Kier molecular flexibility index (Phi) is 3.98. The first-order valence-electron chi connectivity index (χ1n) is 2.35. The van der Waals surface area contributed by atoms with E-state index in [0.717, 1.165) is 0 Å². The van der Waals surface area contributed by atoms with Gasteiger partial charge in [-0.3, -0.25) is 0 Å². The van der Waals surface area contributed by atoms with Crippen molar-refractivity contribution in [3.63, 3.8) is 0 Å². The smallest absolute Gasteiger partial charge is 0.0358 e. The van der Waals surface area contributed by atoms with Gasteiger partial charge in [0.2, 0.25) is 0 Å². The quantitative estimate of drug-likeness (QED) is 0.426. The van der Waals surface area contributed by atoms with Gasteiger partial charge < -0.3 is 10.5 Å². The predicted molar refractivity (Wildman–Crippen MR) is 28.3 cm³/mol. The van der Waals surface area contributed by atoms with E-state index in [1.54, 1.807) is 0 Å². The van der Waals surface area contributed by atoms with Crippen molar-refractivity contribution in [1.29, 1.82) is 0 Å². The van der Waals surface area contributed by atoms with Crippen molar-refractivity contribution in [1.82, 2.24) is 10.8 Å². The van der Waals surface area contributed by atoms with Crippen LogP contribution < -0.4 is 10.8 Å². The Morgan fingerprint density at radius 1 is 1.71 bits per heavy atom. The van der Waals surface area contributed by atoms with Crippen molar-refractivity contribution >= 4 is 0 Å². The van der Waals surface area contributed by atoms with Crippen molar-refractivity contribution in [2.45, 2.75) is 13.0 Å². The topological polar surface area (TPSA) is 44.3 Å². The van der Waals surface area contributed by atoms with Gasteiger partial charge >= 0.3 is 0 Å². The molecule has 0 aliphatic carbocycles. The van der Waals surface area contributed by atoms with Crippen molar-refractivity contribution in [3.05, 3.63) is 0 Å². The molecule has 3 nitrogen and oxygen atoms in total. The molecule has 0 bridgehead atoms. The molecule has 0 fully saturated rings. The van der Waals surface area contributed by atoms with E-state index in [4.69, 9.17) is 5.21 Å². The molecule has 1 atom stereocenters. The summed E-state index contributed by atoms with van der Waals surface area (Å²) in [6, 6.07) is 0.338. The Morgan fingerprint density at radius 3 is 2.43 bits per heavy atom. The fourth-order valence-corrected chi connectivity index (χ4v) is 0.239. The molecule has 3 heteroatoms. The molecule has 1 unspecified atom stereocenters. The standard InChI is InChI=1S/C4H12N2O/c1-4(5-2)3-6-7/h4-7H,3H2,1-2H3. The van der Waals surface area contributed by atoms with E-state index in [1.807, 2.05) is 14.0 Å². The summed E-state index contributed by atoms with van der Waals surface area (Å²) in [5.41, 5.74) is 2.06. The van der Waals surface area contributed by atoms with Gasteiger partial charge in [0.05, 0.1) is 0 Å². The maximum Gasteiger partial charge on any atom is 0.0358 e. The van der Waals surface area contributed by atoms with E-state index < -0.39 is 0 Å². The molecular formula is C4H12N2O. The summed E-state index contributed by atoms with van der Waals surface area (Å²) in [6.45, 7) is 2.57. The highest BCUT2D eigenvalue weighted by Gasteiger charge is 1.91. The van der Waals surface area contributed by atoms with Gasteiger partial charge in [-0.05, 0) is 14.0 Å². The molecule has 0 aliphatic rings. The van der Waals surface area contributed by atoms with Crippen LogP contribution in [0.5, 0.6) is 0 Å². The lowest BCUT2D eigenvalue weighted by atomic mass is 10.4. The maximum atomic E-state index is 8.08. The minimum atomic E-state index is 0.338. The normalized spacial score (nSPS) is 14.1. The van der Waals surface area contributed by atoms with Gasteiger partial charge in [0.15, 0.2) is 0 Å². The summed E-state index contributed by atoms with van der Waals surface area (Å²) in [5.74, 6) is 0. The molecule has 0 saturated heterocycles. The Labute approximate surface area is 43.7 Å². The van der Waals surface area contributed by atoms with E-state index in [9.17, 15) is 0 Å².